The van der Waals surface area contributed by atoms with E-state index in [0.29, 0.717) is 0 Å². The van der Waals surface area contributed by atoms with Crippen molar-refractivity contribution in [2.75, 3.05) is 19.7 Å². The molecule has 124 valence electrons. The van der Waals surface area contributed by atoms with Gasteiger partial charge in [-0.25, -0.2) is 0 Å². The Morgan fingerprint density at radius 1 is 1.14 bits per heavy atom. The van der Waals surface area contributed by atoms with Crippen LogP contribution in [0, 0.1) is 6.92 Å². The normalized spacial score (nSPS) is 12.1. The second-order valence-corrected chi connectivity index (χ2v) is 6.50. The lowest BCUT2D eigenvalue weighted by Gasteiger charge is -2.23. The number of rotatable bonds is 7. The van der Waals surface area contributed by atoms with Crippen molar-refractivity contribution in [3.8, 4) is 5.75 Å². The maximum Gasteiger partial charge on any atom is 0.191 e. The minimum Gasteiger partial charge on any atom is -0.494 e. The molecule has 0 aromatic heterocycles. The Hall–Kier alpha value is -1.71. The Morgan fingerprint density at radius 3 is 2.41 bits per heavy atom. The lowest BCUT2D eigenvalue weighted by Crippen LogP contribution is -2.47. The minimum absolute atomic E-state index is 0.0234. The molecule has 0 fully saturated rings. The largest absolute Gasteiger partial charge is 0.494 e. The van der Waals surface area contributed by atoms with Gasteiger partial charge in [-0.15, -0.1) is 0 Å². The summed E-state index contributed by atoms with van der Waals surface area (Å²) in [5.74, 6) is 1.83. The van der Waals surface area contributed by atoms with Gasteiger partial charge in [0.15, 0.2) is 5.96 Å². The highest BCUT2D eigenvalue weighted by Crippen LogP contribution is 2.11. The Labute approximate surface area is 135 Å². The van der Waals surface area contributed by atoms with Crippen molar-refractivity contribution < 1.29 is 4.74 Å². The number of ether oxygens (including phenoxy) is 1. The van der Waals surface area contributed by atoms with Gasteiger partial charge in [0, 0.05) is 18.6 Å². The summed E-state index contributed by atoms with van der Waals surface area (Å²) in [6, 6.07) is 8.18. The fourth-order valence-electron chi connectivity index (χ4n) is 1.89. The molecule has 1 aromatic rings. The number of hydrogen-bond donors (Lipinski definition) is 2. The van der Waals surface area contributed by atoms with Gasteiger partial charge >= 0.3 is 0 Å². The Morgan fingerprint density at radius 2 is 1.82 bits per heavy atom. The van der Waals surface area contributed by atoms with E-state index in [-0.39, 0.29) is 5.54 Å². The molecular weight excluding hydrogens is 274 g/mol. The molecule has 0 unspecified atom stereocenters. The van der Waals surface area contributed by atoms with Crippen LogP contribution in [0.2, 0.25) is 0 Å². The lowest BCUT2D eigenvalue weighted by atomic mass is 10.1. The van der Waals surface area contributed by atoms with Gasteiger partial charge in [0.25, 0.3) is 0 Å². The van der Waals surface area contributed by atoms with Gasteiger partial charge < -0.3 is 15.4 Å². The first-order valence-corrected chi connectivity index (χ1v) is 8.16. The molecule has 0 radical (unpaired) electrons. The van der Waals surface area contributed by atoms with E-state index in [1.807, 2.05) is 12.1 Å². The summed E-state index contributed by atoms with van der Waals surface area (Å²) < 4.78 is 5.72. The number of nitrogens with zero attached hydrogens (tertiary/aromatic N) is 1. The van der Waals surface area contributed by atoms with Gasteiger partial charge in [-0.2, -0.15) is 0 Å². The quantitative estimate of drug-likeness (QED) is 0.460. The maximum absolute atomic E-state index is 5.72. The van der Waals surface area contributed by atoms with E-state index in [0.717, 1.165) is 44.2 Å². The molecule has 0 saturated carbocycles. The zero-order valence-electron chi connectivity index (χ0n) is 14.7. The second kappa shape index (κ2) is 9.34. The molecule has 0 aliphatic heterocycles. The van der Waals surface area contributed by atoms with Crippen LogP contribution in [0.3, 0.4) is 0 Å². The first-order valence-electron chi connectivity index (χ1n) is 8.16. The molecule has 0 bridgehead atoms. The lowest BCUT2D eigenvalue weighted by molar-refractivity contribution is 0.308. The summed E-state index contributed by atoms with van der Waals surface area (Å²) in [4.78, 5) is 4.59. The number of hydrogen-bond acceptors (Lipinski definition) is 2. The van der Waals surface area contributed by atoms with Crippen molar-refractivity contribution >= 4 is 5.96 Å². The van der Waals surface area contributed by atoms with Gasteiger partial charge in [-0.3, -0.25) is 4.99 Å². The van der Waals surface area contributed by atoms with E-state index < -0.39 is 0 Å². The van der Waals surface area contributed by atoms with Crippen LogP contribution in [0.5, 0.6) is 5.75 Å². The molecule has 22 heavy (non-hydrogen) atoms. The minimum atomic E-state index is 0.0234. The molecule has 1 rings (SSSR count). The number of aliphatic imine (C=N–C) groups is 1. The van der Waals surface area contributed by atoms with Crippen molar-refractivity contribution in [2.45, 2.75) is 53.0 Å². The molecule has 0 aliphatic carbocycles. The zero-order chi connectivity index (χ0) is 16.4. The predicted molar refractivity (Wildman–Crippen MR) is 94.8 cm³/mol. The Bertz CT molecular complexity index is 446. The molecule has 0 saturated heterocycles. The molecule has 0 atom stereocenters. The first-order chi connectivity index (χ1) is 10.4. The third-order valence-corrected chi connectivity index (χ3v) is 2.95. The summed E-state index contributed by atoms with van der Waals surface area (Å²) in [6.07, 6.45) is 2.03. The number of nitrogens with one attached hydrogen (secondary N) is 2. The molecule has 0 aliphatic rings. The van der Waals surface area contributed by atoms with Crippen LogP contribution in [-0.2, 0) is 0 Å². The molecule has 4 heteroatoms. The third-order valence-electron chi connectivity index (χ3n) is 2.95. The van der Waals surface area contributed by atoms with Crippen LogP contribution in [0.1, 0.15) is 46.1 Å². The highest BCUT2D eigenvalue weighted by molar-refractivity contribution is 5.80. The van der Waals surface area contributed by atoms with Gasteiger partial charge in [-0.1, -0.05) is 17.7 Å². The Balaban J connectivity index is 2.24. The summed E-state index contributed by atoms with van der Waals surface area (Å²) in [7, 11) is 0. The topological polar surface area (TPSA) is 45.7 Å². The van der Waals surface area contributed by atoms with E-state index in [9.17, 15) is 0 Å². The van der Waals surface area contributed by atoms with Gasteiger partial charge in [0.1, 0.15) is 5.75 Å². The van der Waals surface area contributed by atoms with Crippen LogP contribution in [-0.4, -0.2) is 31.2 Å². The first kappa shape index (κ1) is 18.3. The smallest absolute Gasteiger partial charge is 0.191 e. The van der Waals surface area contributed by atoms with E-state index in [4.69, 9.17) is 4.74 Å². The van der Waals surface area contributed by atoms with E-state index in [2.05, 4.69) is 62.4 Å². The van der Waals surface area contributed by atoms with Crippen LogP contribution in [0.4, 0.5) is 0 Å². The van der Waals surface area contributed by atoms with Crippen molar-refractivity contribution in [2.24, 2.45) is 4.99 Å². The van der Waals surface area contributed by atoms with Crippen LogP contribution < -0.4 is 15.4 Å². The Kier molecular flexibility index (Phi) is 7.78. The monoisotopic (exact) mass is 305 g/mol. The van der Waals surface area contributed by atoms with Crippen molar-refractivity contribution in [3.63, 3.8) is 0 Å². The molecule has 0 amide bonds. The number of benzene rings is 1. The predicted octanol–water partition coefficient (Wildman–Crippen LogP) is 3.51. The average molecular weight is 305 g/mol. The van der Waals surface area contributed by atoms with Crippen molar-refractivity contribution in [1.82, 2.24) is 10.6 Å². The van der Waals surface area contributed by atoms with Crippen LogP contribution >= 0.6 is 0 Å². The van der Waals surface area contributed by atoms with Gasteiger partial charge in [-0.05, 0) is 59.6 Å². The van der Waals surface area contributed by atoms with E-state index >= 15 is 0 Å². The van der Waals surface area contributed by atoms with Crippen LogP contribution in [0.15, 0.2) is 29.3 Å². The summed E-state index contributed by atoms with van der Waals surface area (Å²) in [5, 5.41) is 6.66. The van der Waals surface area contributed by atoms with E-state index in [1.165, 1.54) is 5.56 Å². The molecule has 2 N–H and O–H groups in total. The molecule has 0 spiro atoms. The fraction of sp³-hybridized carbons (Fsp3) is 0.611. The second-order valence-electron chi connectivity index (χ2n) is 6.50. The molecule has 1 aromatic carbocycles. The van der Waals surface area contributed by atoms with Gasteiger partial charge in [0.05, 0.1) is 6.61 Å². The van der Waals surface area contributed by atoms with Crippen molar-refractivity contribution in [1.29, 1.82) is 0 Å². The van der Waals surface area contributed by atoms with Gasteiger partial charge in [0.2, 0.25) is 0 Å². The molecule has 4 nitrogen and oxygen atoms in total. The third kappa shape index (κ3) is 8.55. The van der Waals surface area contributed by atoms with Crippen LogP contribution in [0.25, 0.3) is 0 Å². The maximum atomic E-state index is 5.72. The number of guanidine groups is 1. The highest BCUT2D eigenvalue weighted by atomic mass is 16.5. The highest BCUT2D eigenvalue weighted by Gasteiger charge is 2.11. The molecule has 0 heterocycles. The fourth-order valence-corrected chi connectivity index (χ4v) is 1.89. The number of unbranched alkanes of at least 4 members (excludes halogenated alkanes) is 1. The summed E-state index contributed by atoms with van der Waals surface area (Å²) in [5.41, 5.74) is 1.28. The number of aryl methyl sites for hydroxylation is 1. The molecular formula is C18H31N3O. The SMILES string of the molecule is CCNC(=NCCCCOc1ccc(C)cc1)NC(C)(C)C. The summed E-state index contributed by atoms with van der Waals surface area (Å²) >= 11 is 0. The summed E-state index contributed by atoms with van der Waals surface area (Å²) in [6.45, 7) is 13.0. The van der Waals surface area contributed by atoms with E-state index in [1.54, 1.807) is 0 Å². The van der Waals surface area contributed by atoms with Crippen molar-refractivity contribution in [3.05, 3.63) is 29.8 Å². The standard InChI is InChI=1S/C18H31N3O/c1-6-19-17(21-18(3,4)5)20-13-7-8-14-22-16-11-9-15(2)10-12-16/h9-12H,6-8,13-14H2,1-5H3,(H2,19,20,21). The zero-order valence-corrected chi connectivity index (χ0v) is 14.7. The average Bonchev–Trinajstić information content (AvgIpc) is 2.43.